The van der Waals surface area contributed by atoms with Crippen LogP contribution in [0.25, 0.3) is 0 Å². The van der Waals surface area contributed by atoms with Crippen LogP contribution in [-0.4, -0.2) is 30.8 Å². The number of ether oxygens (including phenoxy) is 3. The number of alkyl halides is 3. The number of nitrogens with one attached hydrogen (secondary N) is 1. The van der Waals surface area contributed by atoms with Crippen LogP contribution in [0.15, 0.2) is 60.8 Å². The number of aromatic nitrogens is 1. The van der Waals surface area contributed by atoms with E-state index < -0.39 is 12.8 Å². The van der Waals surface area contributed by atoms with Gasteiger partial charge in [0.2, 0.25) is 11.8 Å². The summed E-state index contributed by atoms with van der Waals surface area (Å²) in [7, 11) is 1.33. The van der Waals surface area contributed by atoms with Crippen molar-refractivity contribution in [2.24, 2.45) is 0 Å². The minimum atomic E-state index is -4.45. The number of benzene rings is 2. The van der Waals surface area contributed by atoms with Crippen molar-refractivity contribution in [1.82, 2.24) is 10.3 Å². The van der Waals surface area contributed by atoms with E-state index in [0.717, 1.165) is 11.1 Å². The van der Waals surface area contributed by atoms with Gasteiger partial charge in [0.05, 0.1) is 7.11 Å². The van der Waals surface area contributed by atoms with Crippen molar-refractivity contribution in [3.8, 4) is 23.1 Å². The van der Waals surface area contributed by atoms with Crippen LogP contribution in [0.3, 0.4) is 0 Å². The molecule has 0 bridgehead atoms. The quantitative estimate of drug-likeness (QED) is 0.405. The number of pyridine rings is 1. The number of halogens is 4. The van der Waals surface area contributed by atoms with E-state index in [1.807, 2.05) is 0 Å². The zero-order chi connectivity index (χ0) is 24.6. The Morgan fingerprint density at radius 2 is 1.74 bits per heavy atom. The number of hydrogen-bond acceptors (Lipinski definition) is 5. The van der Waals surface area contributed by atoms with E-state index in [4.69, 9.17) is 14.2 Å². The van der Waals surface area contributed by atoms with E-state index in [1.54, 1.807) is 30.5 Å². The minimum absolute atomic E-state index is 0.0209. The molecule has 2 aromatic carbocycles. The molecule has 1 aromatic heterocycles. The Hall–Kier alpha value is -3.82. The Balaban J connectivity index is 1.45. The molecule has 1 amide bonds. The van der Waals surface area contributed by atoms with Crippen molar-refractivity contribution in [2.45, 2.75) is 25.6 Å². The van der Waals surface area contributed by atoms with Crippen LogP contribution >= 0.6 is 0 Å². The molecule has 0 aliphatic heterocycles. The van der Waals surface area contributed by atoms with Crippen molar-refractivity contribution in [1.29, 1.82) is 0 Å². The van der Waals surface area contributed by atoms with Crippen molar-refractivity contribution in [3.63, 3.8) is 0 Å². The summed E-state index contributed by atoms with van der Waals surface area (Å²) >= 11 is 0. The van der Waals surface area contributed by atoms with Crippen LogP contribution < -0.4 is 19.5 Å². The molecular weight excluding hydrogens is 456 g/mol. The maximum atomic E-state index is 12.9. The highest BCUT2D eigenvalue weighted by molar-refractivity contribution is 5.76. The maximum Gasteiger partial charge on any atom is 0.422 e. The Kier molecular flexibility index (Phi) is 8.29. The molecule has 0 saturated heterocycles. The second-order valence-electron chi connectivity index (χ2n) is 7.23. The number of amides is 1. The first-order valence-electron chi connectivity index (χ1n) is 10.2. The summed E-state index contributed by atoms with van der Waals surface area (Å²) in [6.45, 7) is -1.16. The first-order chi connectivity index (χ1) is 16.2. The molecular formula is C24H22F4N2O4. The van der Waals surface area contributed by atoms with Crippen molar-refractivity contribution < 1.29 is 36.6 Å². The van der Waals surface area contributed by atoms with Gasteiger partial charge in [0.15, 0.2) is 18.1 Å². The van der Waals surface area contributed by atoms with Gasteiger partial charge in [-0.3, -0.25) is 4.79 Å². The minimum Gasteiger partial charge on any atom is -0.493 e. The standard InChI is InChI=1S/C24H22F4N2O4/c1-32-21-12-16(2-9-20(21)33-15-24(26,27)28)3-10-22(31)29-13-17-4-11-23(30-14-17)34-19-7-5-18(25)6-8-19/h2,4-9,11-12,14H,3,10,13,15H2,1H3,(H,29,31). The predicted molar refractivity (Wildman–Crippen MR) is 115 cm³/mol. The molecule has 0 spiro atoms. The van der Waals surface area contributed by atoms with Crippen molar-refractivity contribution in [3.05, 3.63) is 77.7 Å². The number of hydrogen-bond donors (Lipinski definition) is 1. The molecule has 10 heteroatoms. The zero-order valence-corrected chi connectivity index (χ0v) is 18.2. The van der Waals surface area contributed by atoms with Gasteiger partial charge in [0.1, 0.15) is 11.6 Å². The smallest absolute Gasteiger partial charge is 0.422 e. The SMILES string of the molecule is COc1cc(CCC(=O)NCc2ccc(Oc3ccc(F)cc3)nc2)ccc1OCC(F)(F)F. The fourth-order valence-electron chi connectivity index (χ4n) is 2.89. The van der Waals surface area contributed by atoms with Crippen LogP contribution in [-0.2, 0) is 17.8 Å². The van der Waals surface area contributed by atoms with Crippen LogP contribution in [0.2, 0.25) is 0 Å². The Morgan fingerprint density at radius 3 is 2.38 bits per heavy atom. The van der Waals surface area contributed by atoms with Gasteiger partial charge < -0.3 is 19.5 Å². The summed E-state index contributed by atoms with van der Waals surface area (Å²) in [5.74, 6) is 0.355. The molecule has 0 aliphatic carbocycles. The lowest BCUT2D eigenvalue weighted by molar-refractivity contribution is -0.153. The molecule has 0 atom stereocenters. The van der Waals surface area contributed by atoms with Gasteiger partial charge in [-0.15, -0.1) is 0 Å². The van der Waals surface area contributed by atoms with Gasteiger partial charge in [0, 0.05) is 25.2 Å². The molecule has 6 nitrogen and oxygen atoms in total. The number of aryl methyl sites for hydroxylation is 1. The summed E-state index contributed by atoms with van der Waals surface area (Å²) in [5, 5.41) is 2.78. The van der Waals surface area contributed by atoms with Crippen LogP contribution in [0, 0.1) is 5.82 Å². The molecule has 1 N–H and O–H groups in total. The number of rotatable bonds is 10. The highest BCUT2D eigenvalue weighted by atomic mass is 19.4. The number of carbonyl (C=O) groups is 1. The van der Waals surface area contributed by atoms with Crippen molar-refractivity contribution in [2.75, 3.05) is 13.7 Å². The summed E-state index contributed by atoms with van der Waals surface area (Å²) < 4.78 is 65.4. The lowest BCUT2D eigenvalue weighted by Crippen LogP contribution is -2.23. The van der Waals surface area contributed by atoms with Gasteiger partial charge in [-0.1, -0.05) is 12.1 Å². The lowest BCUT2D eigenvalue weighted by Gasteiger charge is -2.13. The first-order valence-corrected chi connectivity index (χ1v) is 10.2. The summed E-state index contributed by atoms with van der Waals surface area (Å²) in [4.78, 5) is 16.4. The molecule has 0 fully saturated rings. The Morgan fingerprint density at radius 1 is 1.00 bits per heavy atom. The second kappa shape index (κ2) is 11.4. The summed E-state index contributed by atoms with van der Waals surface area (Å²) in [6.07, 6.45) is -2.35. The molecule has 3 aromatic rings. The zero-order valence-electron chi connectivity index (χ0n) is 18.2. The van der Waals surface area contributed by atoms with Gasteiger partial charge in [-0.05, 0) is 53.9 Å². The second-order valence-corrected chi connectivity index (χ2v) is 7.23. The lowest BCUT2D eigenvalue weighted by atomic mass is 10.1. The molecule has 180 valence electrons. The predicted octanol–water partition coefficient (Wildman–Crippen LogP) is 5.21. The van der Waals surface area contributed by atoms with E-state index in [0.29, 0.717) is 18.1 Å². The molecule has 1 heterocycles. The molecule has 3 rings (SSSR count). The largest absolute Gasteiger partial charge is 0.493 e. The Labute approximate surface area is 193 Å². The number of methoxy groups -OCH3 is 1. The third kappa shape index (κ3) is 7.95. The molecule has 34 heavy (non-hydrogen) atoms. The summed E-state index contributed by atoms with van der Waals surface area (Å²) in [6, 6.07) is 13.5. The maximum absolute atomic E-state index is 12.9. The third-order valence-electron chi connectivity index (χ3n) is 4.58. The number of carbonyl (C=O) groups excluding carboxylic acids is 1. The normalized spacial score (nSPS) is 11.1. The van der Waals surface area contributed by atoms with E-state index in [2.05, 4.69) is 10.3 Å². The van der Waals surface area contributed by atoms with Gasteiger partial charge in [-0.2, -0.15) is 13.2 Å². The van der Waals surface area contributed by atoms with Crippen LogP contribution in [0.4, 0.5) is 17.6 Å². The fraction of sp³-hybridized carbons (Fsp3) is 0.250. The third-order valence-corrected chi connectivity index (χ3v) is 4.58. The van der Waals surface area contributed by atoms with Crippen molar-refractivity contribution >= 4 is 5.91 Å². The Bertz CT molecular complexity index is 1090. The highest BCUT2D eigenvalue weighted by Gasteiger charge is 2.29. The van der Waals surface area contributed by atoms with Crippen LogP contribution in [0.1, 0.15) is 17.5 Å². The van der Waals surface area contributed by atoms with Gasteiger partial charge >= 0.3 is 6.18 Å². The van der Waals surface area contributed by atoms with E-state index in [-0.39, 0.29) is 36.2 Å². The molecule has 0 aliphatic rings. The van der Waals surface area contributed by atoms with E-state index in [9.17, 15) is 22.4 Å². The van der Waals surface area contributed by atoms with Gasteiger partial charge in [-0.25, -0.2) is 9.37 Å². The number of nitrogens with zero attached hydrogens (tertiary/aromatic N) is 1. The van der Waals surface area contributed by atoms with Crippen LogP contribution in [0.5, 0.6) is 23.1 Å². The van der Waals surface area contributed by atoms with Gasteiger partial charge in [0.25, 0.3) is 0 Å². The summed E-state index contributed by atoms with van der Waals surface area (Å²) in [5.41, 5.74) is 1.47. The fourth-order valence-corrected chi connectivity index (χ4v) is 2.89. The average Bonchev–Trinajstić information content (AvgIpc) is 2.82. The monoisotopic (exact) mass is 478 g/mol. The first kappa shape index (κ1) is 24.8. The van der Waals surface area contributed by atoms with E-state index in [1.165, 1.54) is 37.4 Å². The average molecular weight is 478 g/mol. The molecule has 0 unspecified atom stereocenters. The molecule has 0 radical (unpaired) electrons. The molecule has 0 saturated carbocycles. The highest BCUT2D eigenvalue weighted by Crippen LogP contribution is 2.30. The van der Waals surface area contributed by atoms with E-state index >= 15 is 0 Å². The topological polar surface area (TPSA) is 69.7 Å².